The van der Waals surface area contributed by atoms with E-state index in [4.69, 9.17) is 4.74 Å². The average molecular weight is 354 g/mol. The van der Waals surface area contributed by atoms with E-state index in [0.29, 0.717) is 6.42 Å². The minimum absolute atomic E-state index is 0.245. The first-order valence-corrected chi connectivity index (χ1v) is 7.77. The fraction of sp³-hybridized carbons (Fsp3) is 0.923. The number of carbonyl (C=O) groups is 1. The highest BCUT2D eigenvalue weighted by atomic mass is 79.9. The summed E-state index contributed by atoms with van der Waals surface area (Å²) in [5.74, 6) is -0.472. The van der Waals surface area contributed by atoms with Crippen molar-refractivity contribution in [2.45, 2.75) is 76.0 Å². The van der Waals surface area contributed by atoms with Crippen LogP contribution in [0.3, 0.4) is 0 Å². The molecule has 0 aromatic carbocycles. The number of hydrogen-bond acceptors (Lipinski definition) is 5. The molecule has 0 spiro atoms. The molecule has 118 valence electrons. The van der Waals surface area contributed by atoms with Crippen LogP contribution in [-0.2, 0) is 9.53 Å². The first-order chi connectivity index (χ1) is 9.26. The fourth-order valence-electron chi connectivity index (χ4n) is 1.85. The zero-order valence-corrected chi connectivity index (χ0v) is 13.9. The molecule has 20 heavy (non-hydrogen) atoms. The van der Waals surface area contributed by atoms with Gasteiger partial charge in [0.1, 0.15) is 6.10 Å². The maximum absolute atomic E-state index is 11.6. The number of ether oxygens (including phenoxy) is 1. The van der Waals surface area contributed by atoms with Gasteiger partial charge in [0.15, 0.2) is 6.10 Å². The van der Waals surface area contributed by atoms with E-state index in [1.165, 1.54) is 13.8 Å². The molecule has 3 atom stereocenters. The number of unbranched alkanes of at least 4 members (excludes halogenated alkanes) is 4. The Morgan fingerprint density at radius 3 is 2.35 bits per heavy atom. The molecule has 0 fully saturated rings. The molecule has 0 aromatic heterocycles. The largest absolute Gasteiger partial charge is 0.454 e. The molecule has 0 saturated carbocycles. The lowest BCUT2D eigenvalue weighted by molar-refractivity contribution is -0.557. The second kappa shape index (κ2) is 9.28. The number of nitrogens with zero attached hydrogens (tertiary/aromatic N) is 1. The maximum atomic E-state index is 11.6. The van der Waals surface area contributed by atoms with Gasteiger partial charge >= 0.3 is 10.4 Å². The summed E-state index contributed by atoms with van der Waals surface area (Å²) in [6, 6.07) is 0. The molecule has 0 saturated heterocycles. The van der Waals surface area contributed by atoms with E-state index in [0.717, 1.165) is 25.7 Å². The Morgan fingerprint density at radius 1 is 1.35 bits per heavy atom. The summed E-state index contributed by atoms with van der Waals surface area (Å²) in [6.45, 7) is 4.80. The smallest absolute Gasteiger partial charge is 0.335 e. The van der Waals surface area contributed by atoms with Gasteiger partial charge in [-0.25, -0.2) is 0 Å². The molecule has 3 unspecified atom stereocenters. The predicted molar refractivity (Wildman–Crippen MR) is 79.3 cm³/mol. The zero-order valence-electron chi connectivity index (χ0n) is 12.3. The average Bonchev–Trinajstić information content (AvgIpc) is 2.36. The van der Waals surface area contributed by atoms with Gasteiger partial charge in [-0.05, 0) is 20.3 Å². The van der Waals surface area contributed by atoms with Crippen LogP contribution in [0.25, 0.3) is 0 Å². The lowest BCUT2D eigenvalue weighted by atomic mass is 10.1. The first-order valence-electron chi connectivity index (χ1n) is 6.97. The van der Waals surface area contributed by atoms with Crippen molar-refractivity contribution in [3.63, 3.8) is 0 Å². The lowest BCUT2D eigenvalue weighted by Crippen LogP contribution is -2.52. The number of rotatable bonds is 10. The van der Waals surface area contributed by atoms with Crippen LogP contribution in [-0.4, -0.2) is 32.7 Å². The second-order valence-corrected chi connectivity index (χ2v) is 6.23. The van der Waals surface area contributed by atoms with Crippen molar-refractivity contribution in [1.29, 1.82) is 0 Å². The molecule has 0 aromatic rings. The summed E-state index contributed by atoms with van der Waals surface area (Å²) >= 11 is 2.88. The molecular weight excluding hydrogens is 330 g/mol. The number of aliphatic hydroxyl groups excluding tert-OH is 1. The fourth-order valence-corrected chi connectivity index (χ4v) is 1.95. The molecule has 0 bridgehead atoms. The van der Waals surface area contributed by atoms with Crippen molar-refractivity contribution in [3.8, 4) is 0 Å². The summed E-state index contributed by atoms with van der Waals surface area (Å²) in [4.78, 5) is 22.0. The topological polar surface area (TPSA) is 89.7 Å². The Labute approximate surface area is 128 Å². The molecule has 0 aliphatic heterocycles. The molecular formula is C13H24BrNO5. The maximum Gasteiger partial charge on any atom is 0.335 e. The van der Waals surface area contributed by atoms with Gasteiger partial charge in [-0.1, -0.05) is 32.6 Å². The van der Waals surface area contributed by atoms with Crippen LogP contribution >= 0.6 is 15.9 Å². The van der Waals surface area contributed by atoms with E-state index in [1.54, 1.807) is 0 Å². The highest BCUT2D eigenvalue weighted by Crippen LogP contribution is 2.30. The molecule has 7 heteroatoms. The molecule has 0 heterocycles. The minimum Gasteiger partial charge on any atom is -0.454 e. The van der Waals surface area contributed by atoms with E-state index in [2.05, 4.69) is 22.9 Å². The van der Waals surface area contributed by atoms with E-state index in [1.807, 2.05) is 0 Å². The summed E-state index contributed by atoms with van der Waals surface area (Å²) in [7, 11) is 0. The summed E-state index contributed by atoms with van der Waals surface area (Å²) < 4.78 is 3.19. The van der Waals surface area contributed by atoms with Gasteiger partial charge in [-0.15, -0.1) is 0 Å². The molecule has 0 aliphatic carbocycles. The van der Waals surface area contributed by atoms with Gasteiger partial charge in [0.25, 0.3) is 0 Å². The van der Waals surface area contributed by atoms with Gasteiger partial charge in [0, 0.05) is 27.3 Å². The molecule has 0 aliphatic rings. The van der Waals surface area contributed by atoms with Crippen LogP contribution < -0.4 is 0 Å². The van der Waals surface area contributed by atoms with E-state index in [-0.39, 0.29) is 6.42 Å². The number of esters is 1. The summed E-state index contributed by atoms with van der Waals surface area (Å²) in [6.07, 6.45) is 2.91. The van der Waals surface area contributed by atoms with Crippen LogP contribution in [0.5, 0.6) is 0 Å². The first kappa shape index (κ1) is 19.3. The van der Waals surface area contributed by atoms with E-state index < -0.39 is 27.5 Å². The Hall–Kier alpha value is -0.690. The minimum atomic E-state index is -1.87. The predicted octanol–water partition coefficient (Wildman–Crippen LogP) is 3.03. The van der Waals surface area contributed by atoms with Crippen LogP contribution in [0.1, 0.15) is 59.3 Å². The molecule has 0 rings (SSSR count). The molecule has 1 N–H and O–H groups in total. The van der Waals surface area contributed by atoms with Crippen molar-refractivity contribution in [3.05, 3.63) is 10.1 Å². The number of hydrogen-bond donors (Lipinski definition) is 1. The van der Waals surface area contributed by atoms with Crippen LogP contribution in [0.15, 0.2) is 0 Å². The quantitative estimate of drug-likeness (QED) is 0.163. The third-order valence-corrected chi connectivity index (χ3v) is 4.83. The lowest BCUT2D eigenvalue weighted by Gasteiger charge is -2.27. The highest BCUT2D eigenvalue weighted by Gasteiger charge is 2.52. The third kappa shape index (κ3) is 5.75. The number of alkyl halides is 1. The van der Waals surface area contributed by atoms with Crippen molar-refractivity contribution in [2.75, 3.05) is 0 Å². The monoisotopic (exact) mass is 353 g/mol. The molecule has 6 nitrogen and oxygen atoms in total. The zero-order chi connectivity index (χ0) is 15.8. The van der Waals surface area contributed by atoms with Crippen LogP contribution in [0.4, 0.5) is 0 Å². The summed E-state index contributed by atoms with van der Waals surface area (Å²) in [5, 5.41) is 20.5. The summed E-state index contributed by atoms with van der Waals surface area (Å²) in [5.41, 5.74) is 0. The Balaban J connectivity index is 4.26. The Morgan fingerprint density at radius 2 is 1.90 bits per heavy atom. The van der Waals surface area contributed by atoms with E-state index in [9.17, 15) is 20.0 Å². The van der Waals surface area contributed by atoms with Gasteiger partial charge < -0.3 is 9.84 Å². The number of carbonyl (C=O) groups excluding carboxylic acids is 1. The van der Waals surface area contributed by atoms with Gasteiger partial charge in [-0.2, -0.15) is 0 Å². The second-order valence-electron chi connectivity index (χ2n) is 4.96. The van der Waals surface area contributed by atoms with Crippen molar-refractivity contribution in [2.24, 2.45) is 0 Å². The van der Waals surface area contributed by atoms with Crippen molar-refractivity contribution in [1.82, 2.24) is 0 Å². The standard InChI is InChI=1S/C13H24BrNO5/c1-4-5-6-7-8-9-12(17)20-11(3)13(14,10(2)16)15(18)19/h10-11,16H,4-9H2,1-3H3. The number of aliphatic hydroxyl groups is 1. The molecule has 0 radical (unpaired) electrons. The van der Waals surface area contributed by atoms with Gasteiger partial charge in [0.05, 0.1) is 0 Å². The SMILES string of the molecule is CCCCCCCC(=O)OC(C)C(Br)(C(C)O)[N+](=O)[O-]. The van der Waals surface area contributed by atoms with Crippen LogP contribution in [0, 0.1) is 10.1 Å². The van der Waals surface area contributed by atoms with Crippen molar-refractivity contribution >= 4 is 21.9 Å². The number of nitro groups is 1. The highest BCUT2D eigenvalue weighted by molar-refractivity contribution is 9.10. The Kier molecular flexibility index (Phi) is 8.96. The van der Waals surface area contributed by atoms with Crippen LogP contribution in [0.2, 0.25) is 0 Å². The van der Waals surface area contributed by atoms with Gasteiger partial charge in [0.2, 0.25) is 0 Å². The third-order valence-electron chi connectivity index (χ3n) is 3.23. The normalized spacial score (nSPS) is 17.1. The molecule has 0 amide bonds. The van der Waals surface area contributed by atoms with Crippen molar-refractivity contribution < 1.29 is 19.6 Å². The number of halogens is 1. The van der Waals surface area contributed by atoms with E-state index >= 15 is 0 Å². The van der Waals surface area contributed by atoms with Gasteiger partial charge in [-0.3, -0.25) is 14.9 Å². The Bertz CT molecular complexity index is 324.